The largest absolute Gasteiger partial charge is 0.368 e. The molecule has 0 radical (unpaired) electrons. The van der Waals surface area contributed by atoms with Gasteiger partial charge in [-0.2, -0.15) is 4.98 Å². The normalized spacial score (nSPS) is 18.2. The topological polar surface area (TPSA) is 82.9 Å². The van der Waals surface area contributed by atoms with Crippen LogP contribution in [0.2, 0.25) is 0 Å². The van der Waals surface area contributed by atoms with E-state index in [2.05, 4.69) is 75.5 Å². The summed E-state index contributed by atoms with van der Waals surface area (Å²) in [6.45, 7) is 6.92. The SMILES string of the molecule is CC(C)c1cc(N2CCNC(c3c[nH]c4ccccc34)C2)nc(N)n1. The van der Waals surface area contributed by atoms with Crippen LogP contribution in [0, 0.1) is 0 Å². The van der Waals surface area contributed by atoms with Gasteiger partial charge in [-0.1, -0.05) is 32.0 Å². The second-order valence-electron chi connectivity index (χ2n) is 6.91. The Morgan fingerprint density at radius 3 is 2.92 bits per heavy atom. The number of nitrogens with two attached hydrogens (primary N) is 1. The maximum atomic E-state index is 5.94. The highest BCUT2D eigenvalue weighted by Crippen LogP contribution is 2.28. The Hall–Kier alpha value is -2.60. The van der Waals surface area contributed by atoms with E-state index in [1.165, 1.54) is 16.5 Å². The van der Waals surface area contributed by atoms with E-state index in [9.17, 15) is 0 Å². The number of anilines is 2. The molecule has 4 N–H and O–H groups in total. The lowest BCUT2D eigenvalue weighted by Gasteiger charge is -2.34. The summed E-state index contributed by atoms with van der Waals surface area (Å²) in [6, 6.07) is 10.7. The molecule has 6 nitrogen and oxygen atoms in total. The zero-order valence-electron chi connectivity index (χ0n) is 14.7. The van der Waals surface area contributed by atoms with Crippen molar-refractivity contribution in [1.29, 1.82) is 0 Å². The first kappa shape index (κ1) is 15.9. The van der Waals surface area contributed by atoms with E-state index in [0.717, 1.165) is 31.1 Å². The second kappa shape index (κ2) is 6.37. The predicted octanol–water partition coefficient (Wildman–Crippen LogP) is 2.81. The van der Waals surface area contributed by atoms with Gasteiger partial charge in [-0.05, 0) is 17.5 Å². The van der Waals surface area contributed by atoms with E-state index in [4.69, 9.17) is 5.73 Å². The number of hydrogen-bond donors (Lipinski definition) is 3. The van der Waals surface area contributed by atoms with Gasteiger partial charge >= 0.3 is 0 Å². The van der Waals surface area contributed by atoms with Crippen molar-refractivity contribution in [1.82, 2.24) is 20.3 Å². The van der Waals surface area contributed by atoms with Crippen molar-refractivity contribution in [3.8, 4) is 0 Å². The van der Waals surface area contributed by atoms with E-state index in [0.29, 0.717) is 11.9 Å². The molecule has 6 heteroatoms. The average molecular weight is 336 g/mol. The molecule has 1 unspecified atom stereocenters. The third-order valence-electron chi connectivity index (χ3n) is 4.84. The Labute approximate surface area is 147 Å². The molecule has 0 spiro atoms. The van der Waals surface area contributed by atoms with Crippen molar-refractivity contribution >= 4 is 22.7 Å². The van der Waals surface area contributed by atoms with Crippen LogP contribution in [0.4, 0.5) is 11.8 Å². The van der Waals surface area contributed by atoms with E-state index in [1.807, 2.05) is 0 Å². The van der Waals surface area contributed by atoms with Gasteiger partial charge in [0.15, 0.2) is 0 Å². The molecule has 1 saturated heterocycles. The molecule has 25 heavy (non-hydrogen) atoms. The average Bonchev–Trinajstić information content (AvgIpc) is 3.05. The van der Waals surface area contributed by atoms with Crippen LogP contribution in [0.3, 0.4) is 0 Å². The Kier molecular flexibility index (Phi) is 4.05. The lowest BCUT2D eigenvalue weighted by atomic mass is 10.0. The minimum atomic E-state index is 0.253. The van der Waals surface area contributed by atoms with Gasteiger partial charge < -0.3 is 20.9 Å². The van der Waals surface area contributed by atoms with Gasteiger partial charge in [0.05, 0.1) is 11.7 Å². The molecule has 0 bridgehead atoms. The number of nitrogen functional groups attached to an aromatic ring is 1. The fourth-order valence-electron chi connectivity index (χ4n) is 3.48. The standard InChI is InChI=1S/C19H24N6/c1-12(2)16-9-18(24-19(20)23-16)25-8-7-21-17(11-25)14-10-22-15-6-4-3-5-13(14)15/h3-6,9-10,12,17,21-22H,7-8,11H2,1-2H3,(H2,20,23,24). The van der Waals surface area contributed by atoms with Crippen LogP contribution in [0.5, 0.6) is 0 Å². The maximum absolute atomic E-state index is 5.94. The molecule has 0 saturated carbocycles. The maximum Gasteiger partial charge on any atom is 0.222 e. The minimum absolute atomic E-state index is 0.253. The molecule has 3 heterocycles. The third-order valence-corrected chi connectivity index (χ3v) is 4.84. The molecule has 130 valence electrons. The molecule has 1 atom stereocenters. The van der Waals surface area contributed by atoms with Crippen molar-refractivity contribution in [3.05, 3.63) is 47.8 Å². The molecular formula is C19H24N6. The summed E-state index contributed by atoms with van der Waals surface area (Å²) in [6.07, 6.45) is 2.11. The number of benzene rings is 1. The summed E-state index contributed by atoms with van der Waals surface area (Å²) < 4.78 is 0. The highest BCUT2D eigenvalue weighted by Gasteiger charge is 2.24. The molecule has 3 aromatic rings. The number of H-pyrrole nitrogens is 1. The van der Waals surface area contributed by atoms with Crippen LogP contribution in [0.1, 0.15) is 37.1 Å². The van der Waals surface area contributed by atoms with Crippen LogP contribution in [-0.4, -0.2) is 34.6 Å². The summed E-state index contributed by atoms with van der Waals surface area (Å²) in [5.41, 5.74) is 9.40. The quantitative estimate of drug-likeness (QED) is 0.685. The van der Waals surface area contributed by atoms with Gasteiger partial charge in [0.1, 0.15) is 5.82 Å². The van der Waals surface area contributed by atoms with Crippen LogP contribution in [-0.2, 0) is 0 Å². The van der Waals surface area contributed by atoms with Gasteiger partial charge in [-0.15, -0.1) is 0 Å². The van der Waals surface area contributed by atoms with Crippen molar-refractivity contribution < 1.29 is 0 Å². The van der Waals surface area contributed by atoms with Gasteiger partial charge in [0, 0.05) is 42.8 Å². The molecule has 0 amide bonds. The lowest BCUT2D eigenvalue weighted by Crippen LogP contribution is -2.46. The third kappa shape index (κ3) is 3.05. The molecule has 4 rings (SSSR count). The van der Waals surface area contributed by atoms with Gasteiger partial charge in [0.25, 0.3) is 0 Å². The summed E-state index contributed by atoms with van der Waals surface area (Å²) in [5.74, 6) is 1.60. The summed E-state index contributed by atoms with van der Waals surface area (Å²) >= 11 is 0. The fraction of sp³-hybridized carbons (Fsp3) is 0.368. The Morgan fingerprint density at radius 1 is 1.24 bits per heavy atom. The van der Waals surface area contributed by atoms with Crippen LogP contribution in [0.25, 0.3) is 10.9 Å². The number of nitrogens with zero attached hydrogens (tertiary/aromatic N) is 3. The van der Waals surface area contributed by atoms with Crippen molar-refractivity contribution in [3.63, 3.8) is 0 Å². The Balaban J connectivity index is 1.63. The zero-order chi connectivity index (χ0) is 17.4. The van der Waals surface area contributed by atoms with E-state index < -0.39 is 0 Å². The number of piperazine rings is 1. The molecular weight excluding hydrogens is 312 g/mol. The molecule has 1 fully saturated rings. The number of nitrogens with one attached hydrogen (secondary N) is 2. The van der Waals surface area contributed by atoms with Crippen molar-refractivity contribution in [2.45, 2.75) is 25.8 Å². The number of hydrogen-bond acceptors (Lipinski definition) is 5. The first-order chi connectivity index (χ1) is 12.1. The number of para-hydroxylation sites is 1. The fourth-order valence-corrected chi connectivity index (χ4v) is 3.48. The first-order valence-corrected chi connectivity index (χ1v) is 8.80. The monoisotopic (exact) mass is 336 g/mol. The molecule has 1 aliphatic heterocycles. The van der Waals surface area contributed by atoms with Crippen LogP contribution >= 0.6 is 0 Å². The first-order valence-electron chi connectivity index (χ1n) is 8.80. The summed E-state index contributed by atoms with van der Waals surface area (Å²) in [4.78, 5) is 14.5. The van der Waals surface area contributed by atoms with Gasteiger partial charge in [-0.25, -0.2) is 4.98 Å². The van der Waals surface area contributed by atoms with Crippen molar-refractivity contribution in [2.75, 3.05) is 30.3 Å². The highest BCUT2D eigenvalue weighted by molar-refractivity contribution is 5.83. The second-order valence-corrected chi connectivity index (χ2v) is 6.91. The van der Waals surface area contributed by atoms with Crippen LogP contribution in [0.15, 0.2) is 36.5 Å². The molecule has 0 aliphatic carbocycles. The lowest BCUT2D eigenvalue weighted by molar-refractivity contribution is 0.471. The Bertz CT molecular complexity index is 885. The minimum Gasteiger partial charge on any atom is -0.368 e. The van der Waals surface area contributed by atoms with Gasteiger partial charge in [-0.3, -0.25) is 0 Å². The number of rotatable bonds is 3. The van der Waals surface area contributed by atoms with E-state index in [-0.39, 0.29) is 6.04 Å². The molecule has 1 aromatic carbocycles. The Morgan fingerprint density at radius 2 is 2.08 bits per heavy atom. The van der Waals surface area contributed by atoms with E-state index >= 15 is 0 Å². The predicted molar refractivity (Wildman–Crippen MR) is 102 cm³/mol. The number of aromatic nitrogens is 3. The van der Waals surface area contributed by atoms with Crippen molar-refractivity contribution in [2.24, 2.45) is 0 Å². The molecule has 1 aliphatic rings. The molecule has 2 aromatic heterocycles. The smallest absolute Gasteiger partial charge is 0.222 e. The zero-order valence-corrected chi connectivity index (χ0v) is 14.7. The van der Waals surface area contributed by atoms with E-state index in [1.54, 1.807) is 0 Å². The highest BCUT2D eigenvalue weighted by atomic mass is 15.3. The summed E-state index contributed by atoms with van der Waals surface area (Å²) in [5, 5.41) is 4.90. The van der Waals surface area contributed by atoms with Crippen LogP contribution < -0.4 is 16.0 Å². The summed E-state index contributed by atoms with van der Waals surface area (Å²) in [7, 11) is 0. The van der Waals surface area contributed by atoms with Gasteiger partial charge in [0.2, 0.25) is 5.95 Å². The number of fused-ring (bicyclic) bond motifs is 1. The number of aromatic amines is 1.